The van der Waals surface area contributed by atoms with E-state index in [1.807, 2.05) is 0 Å². The summed E-state index contributed by atoms with van der Waals surface area (Å²) in [4.78, 5) is 17.2. The first kappa shape index (κ1) is 12.3. The lowest BCUT2D eigenvalue weighted by atomic mass is 10.4. The maximum absolute atomic E-state index is 10.7. The zero-order valence-corrected chi connectivity index (χ0v) is 10.2. The van der Waals surface area contributed by atoms with Crippen LogP contribution in [-0.2, 0) is 4.74 Å². The Hall–Kier alpha value is -1.18. The molecule has 2 N–H and O–H groups in total. The number of rotatable bonds is 5. The number of anilines is 1. The molecular weight excluding hydrogens is 242 g/mol. The van der Waals surface area contributed by atoms with E-state index in [0.29, 0.717) is 5.13 Å². The van der Waals surface area contributed by atoms with Crippen molar-refractivity contribution < 1.29 is 14.6 Å². The van der Waals surface area contributed by atoms with Crippen LogP contribution in [0.1, 0.15) is 9.67 Å². The van der Waals surface area contributed by atoms with E-state index in [0.717, 1.165) is 50.7 Å². The molecule has 1 aliphatic heterocycles. The second-order valence-corrected chi connectivity index (χ2v) is 4.75. The average Bonchev–Trinajstić information content (AvgIpc) is 2.79. The van der Waals surface area contributed by atoms with E-state index < -0.39 is 5.97 Å². The predicted molar refractivity (Wildman–Crippen MR) is 64.8 cm³/mol. The van der Waals surface area contributed by atoms with Crippen LogP contribution in [0.25, 0.3) is 0 Å². The zero-order valence-electron chi connectivity index (χ0n) is 9.39. The lowest BCUT2D eigenvalue weighted by Gasteiger charge is -2.26. The average molecular weight is 257 g/mol. The van der Waals surface area contributed by atoms with E-state index in [2.05, 4.69) is 15.2 Å². The highest BCUT2D eigenvalue weighted by Gasteiger charge is 2.11. The van der Waals surface area contributed by atoms with E-state index in [4.69, 9.17) is 9.84 Å². The molecule has 1 aliphatic rings. The fourth-order valence-electron chi connectivity index (χ4n) is 1.60. The van der Waals surface area contributed by atoms with Crippen molar-refractivity contribution in [3.8, 4) is 0 Å². The second-order valence-electron chi connectivity index (χ2n) is 3.72. The van der Waals surface area contributed by atoms with Gasteiger partial charge < -0.3 is 15.2 Å². The number of nitrogens with zero attached hydrogens (tertiary/aromatic N) is 2. The Kier molecular flexibility index (Phi) is 4.29. The van der Waals surface area contributed by atoms with Crippen molar-refractivity contribution >= 4 is 22.4 Å². The second kappa shape index (κ2) is 5.95. The Morgan fingerprint density at radius 1 is 1.59 bits per heavy atom. The Labute approximate surface area is 103 Å². The van der Waals surface area contributed by atoms with Crippen molar-refractivity contribution in [2.75, 3.05) is 44.7 Å². The Morgan fingerprint density at radius 2 is 2.35 bits per heavy atom. The van der Waals surface area contributed by atoms with Gasteiger partial charge in [0.25, 0.3) is 0 Å². The van der Waals surface area contributed by atoms with Gasteiger partial charge in [-0.3, -0.25) is 4.90 Å². The summed E-state index contributed by atoms with van der Waals surface area (Å²) >= 11 is 1.16. The molecule has 0 bridgehead atoms. The molecule has 2 heterocycles. The van der Waals surface area contributed by atoms with Crippen molar-refractivity contribution in [3.05, 3.63) is 11.1 Å². The first-order valence-corrected chi connectivity index (χ1v) is 6.30. The van der Waals surface area contributed by atoms with Crippen LogP contribution in [-0.4, -0.2) is 60.4 Å². The first-order chi connectivity index (χ1) is 8.25. The minimum atomic E-state index is -0.927. The molecule has 17 heavy (non-hydrogen) atoms. The van der Waals surface area contributed by atoms with E-state index in [-0.39, 0.29) is 4.88 Å². The van der Waals surface area contributed by atoms with Crippen LogP contribution in [0.15, 0.2) is 6.20 Å². The molecule has 0 radical (unpaired) electrons. The number of carboxylic acid groups (broad SMARTS) is 1. The number of morpholine rings is 1. The Bertz CT molecular complexity index is 377. The minimum absolute atomic E-state index is 0.263. The summed E-state index contributed by atoms with van der Waals surface area (Å²) in [6.45, 7) is 5.19. The monoisotopic (exact) mass is 257 g/mol. The van der Waals surface area contributed by atoms with Gasteiger partial charge in [-0.25, -0.2) is 9.78 Å². The maximum atomic E-state index is 10.7. The molecule has 7 heteroatoms. The summed E-state index contributed by atoms with van der Waals surface area (Å²) in [5.74, 6) is -0.927. The molecule has 6 nitrogen and oxygen atoms in total. The molecule has 0 amide bonds. The van der Waals surface area contributed by atoms with Crippen LogP contribution < -0.4 is 5.32 Å². The van der Waals surface area contributed by atoms with Crippen molar-refractivity contribution in [2.45, 2.75) is 0 Å². The summed E-state index contributed by atoms with van der Waals surface area (Å²) in [7, 11) is 0. The molecule has 1 saturated heterocycles. The summed E-state index contributed by atoms with van der Waals surface area (Å²) in [6, 6.07) is 0. The van der Waals surface area contributed by atoms with Gasteiger partial charge >= 0.3 is 5.97 Å². The Morgan fingerprint density at radius 3 is 3.00 bits per heavy atom. The summed E-state index contributed by atoms with van der Waals surface area (Å²) in [5.41, 5.74) is 0. The third kappa shape index (κ3) is 3.65. The molecule has 1 aromatic rings. The minimum Gasteiger partial charge on any atom is -0.477 e. The van der Waals surface area contributed by atoms with Crippen LogP contribution in [0.2, 0.25) is 0 Å². The van der Waals surface area contributed by atoms with E-state index >= 15 is 0 Å². The van der Waals surface area contributed by atoms with Gasteiger partial charge in [0.2, 0.25) is 0 Å². The highest BCUT2D eigenvalue weighted by atomic mass is 32.1. The highest BCUT2D eigenvalue weighted by molar-refractivity contribution is 7.17. The number of hydrogen-bond acceptors (Lipinski definition) is 6. The number of aromatic carboxylic acids is 1. The van der Waals surface area contributed by atoms with Gasteiger partial charge in [-0.15, -0.1) is 0 Å². The SMILES string of the molecule is O=C(O)c1cnc(NCCN2CCOCC2)s1. The third-order valence-corrected chi connectivity index (χ3v) is 3.47. The van der Waals surface area contributed by atoms with Crippen molar-refractivity contribution in [3.63, 3.8) is 0 Å². The van der Waals surface area contributed by atoms with Crippen LogP contribution in [0.5, 0.6) is 0 Å². The summed E-state index contributed by atoms with van der Waals surface area (Å²) in [5, 5.41) is 12.5. The largest absolute Gasteiger partial charge is 0.477 e. The zero-order chi connectivity index (χ0) is 12.1. The van der Waals surface area contributed by atoms with Crippen molar-refractivity contribution in [2.24, 2.45) is 0 Å². The highest BCUT2D eigenvalue weighted by Crippen LogP contribution is 2.17. The number of nitrogens with one attached hydrogen (secondary N) is 1. The molecule has 1 aromatic heterocycles. The van der Waals surface area contributed by atoms with E-state index in [9.17, 15) is 4.79 Å². The van der Waals surface area contributed by atoms with Crippen LogP contribution in [0, 0.1) is 0 Å². The van der Waals surface area contributed by atoms with E-state index in [1.165, 1.54) is 6.20 Å². The van der Waals surface area contributed by atoms with Crippen LogP contribution in [0.3, 0.4) is 0 Å². The fourth-order valence-corrected chi connectivity index (χ4v) is 2.28. The predicted octanol–water partition coefficient (Wildman–Crippen LogP) is 0.585. The molecule has 0 saturated carbocycles. The number of ether oxygens (including phenoxy) is 1. The standard InChI is InChI=1S/C10H15N3O3S/c14-9(15)8-7-12-10(17-8)11-1-2-13-3-5-16-6-4-13/h7H,1-6H2,(H,11,12)(H,14,15). The molecule has 1 fully saturated rings. The van der Waals surface area contributed by atoms with Gasteiger partial charge in [-0.2, -0.15) is 0 Å². The molecule has 0 spiro atoms. The number of thiazole rings is 1. The molecule has 2 rings (SSSR count). The van der Waals surface area contributed by atoms with Crippen LogP contribution >= 0.6 is 11.3 Å². The lowest BCUT2D eigenvalue weighted by molar-refractivity contribution is 0.0398. The molecule has 0 aliphatic carbocycles. The molecule has 94 valence electrons. The van der Waals surface area contributed by atoms with Crippen molar-refractivity contribution in [1.82, 2.24) is 9.88 Å². The Balaban J connectivity index is 1.71. The van der Waals surface area contributed by atoms with Gasteiger partial charge in [-0.05, 0) is 0 Å². The molecule has 0 aromatic carbocycles. The molecular formula is C10H15N3O3S. The van der Waals surface area contributed by atoms with Gasteiger partial charge in [-0.1, -0.05) is 11.3 Å². The number of carbonyl (C=O) groups is 1. The third-order valence-electron chi connectivity index (χ3n) is 2.52. The molecule has 0 atom stereocenters. The van der Waals surface area contributed by atoms with E-state index in [1.54, 1.807) is 0 Å². The van der Waals surface area contributed by atoms with Gasteiger partial charge in [0.05, 0.1) is 19.4 Å². The maximum Gasteiger partial charge on any atom is 0.347 e. The fraction of sp³-hybridized carbons (Fsp3) is 0.600. The van der Waals surface area contributed by atoms with Crippen LogP contribution in [0.4, 0.5) is 5.13 Å². The van der Waals surface area contributed by atoms with Gasteiger partial charge in [0, 0.05) is 26.2 Å². The first-order valence-electron chi connectivity index (χ1n) is 5.49. The summed E-state index contributed by atoms with van der Waals surface area (Å²) < 4.78 is 5.26. The number of hydrogen-bond donors (Lipinski definition) is 2. The summed E-state index contributed by atoms with van der Waals surface area (Å²) in [6.07, 6.45) is 1.38. The smallest absolute Gasteiger partial charge is 0.347 e. The van der Waals surface area contributed by atoms with Crippen molar-refractivity contribution in [1.29, 1.82) is 0 Å². The quantitative estimate of drug-likeness (QED) is 0.804. The normalized spacial score (nSPS) is 16.9. The topological polar surface area (TPSA) is 74.7 Å². The number of aromatic nitrogens is 1. The van der Waals surface area contributed by atoms with Gasteiger partial charge in [0.15, 0.2) is 5.13 Å². The van der Waals surface area contributed by atoms with Gasteiger partial charge in [0.1, 0.15) is 4.88 Å². The number of carboxylic acids is 1. The lowest BCUT2D eigenvalue weighted by Crippen LogP contribution is -2.38. The molecule has 0 unspecified atom stereocenters.